The first-order valence-corrected chi connectivity index (χ1v) is 16.0. The monoisotopic (exact) mass is 623 g/mol. The molecule has 10 heteroatoms. The van der Waals surface area contributed by atoms with Crippen LogP contribution in [-0.4, -0.2) is 65.1 Å². The lowest BCUT2D eigenvalue weighted by Crippen LogP contribution is -2.56. The Bertz CT molecular complexity index is 1370. The van der Waals surface area contributed by atoms with Crippen LogP contribution in [0, 0.1) is 18.3 Å². The number of halogens is 1. The zero-order chi connectivity index (χ0) is 32.0. The van der Waals surface area contributed by atoms with Crippen molar-refractivity contribution >= 4 is 40.9 Å². The highest BCUT2D eigenvalue weighted by Gasteiger charge is 2.37. The van der Waals surface area contributed by atoms with Gasteiger partial charge in [0.1, 0.15) is 12.1 Å². The third-order valence-corrected chi connectivity index (χ3v) is 9.43. The molecule has 0 unspecified atom stereocenters. The predicted octanol–water partition coefficient (Wildman–Crippen LogP) is 4.44. The van der Waals surface area contributed by atoms with Gasteiger partial charge in [0.15, 0.2) is 0 Å². The number of nitrogens with one attached hydrogen (secondary N) is 2. The Morgan fingerprint density at radius 2 is 1.66 bits per heavy atom. The van der Waals surface area contributed by atoms with Crippen LogP contribution in [-0.2, 0) is 32.1 Å². The number of fused-ring (bicyclic) bond motifs is 1. The second-order valence-electron chi connectivity index (χ2n) is 13.1. The fourth-order valence-electron chi connectivity index (χ4n) is 6.19. The maximum Gasteiger partial charge on any atom is 0.246 e. The summed E-state index contributed by atoms with van der Waals surface area (Å²) in [6.07, 6.45) is 2.58. The lowest BCUT2D eigenvalue weighted by atomic mass is 9.75. The van der Waals surface area contributed by atoms with Gasteiger partial charge in [-0.1, -0.05) is 56.6 Å². The second kappa shape index (κ2) is 14.6. The van der Waals surface area contributed by atoms with Crippen molar-refractivity contribution in [3.8, 4) is 0 Å². The molecule has 0 aliphatic carbocycles. The molecule has 0 saturated carbocycles. The molecule has 238 valence electrons. The molecule has 1 saturated heterocycles. The van der Waals surface area contributed by atoms with Gasteiger partial charge in [0.25, 0.3) is 0 Å². The molecule has 0 bridgehead atoms. The topological polar surface area (TPSA) is 125 Å². The lowest BCUT2D eigenvalue weighted by Gasteiger charge is -2.39. The maximum atomic E-state index is 13.7. The van der Waals surface area contributed by atoms with E-state index < -0.39 is 23.9 Å². The highest BCUT2D eigenvalue weighted by Crippen LogP contribution is 2.34. The van der Waals surface area contributed by atoms with Gasteiger partial charge in [0, 0.05) is 49.6 Å². The standard InChI is InChI=1S/C34H46ClN5O4/c1-22-19-26(9-10-27(22)35)37-32(43)28(13-16-36)38-33(44)29-20-23-7-5-6-8-24(23)21-40(29)31(42)12-11-30(41)39-17-14-25(15-18-39)34(2,3)4/h5-10,19,25,28-29H,11-18,20-21,36H2,1-4H3,(H,37,43)(H,38,44)/t28-,29-/m0/s1. The third kappa shape index (κ3) is 8.39. The van der Waals surface area contributed by atoms with Gasteiger partial charge in [0.05, 0.1) is 0 Å². The van der Waals surface area contributed by atoms with Crippen molar-refractivity contribution in [3.63, 3.8) is 0 Å². The predicted molar refractivity (Wildman–Crippen MR) is 173 cm³/mol. The summed E-state index contributed by atoms with van der Waals surface area (Å²) in [7, 11) is 0. The van der Waals surface area contributed by atoms with Crippen molar-refractivity contribution in [3.05, 3.63) is 64.2 Å². The van der Waals surface area contributed by atoms with E-state index in [1.165, 1.54) is 0 Å². The lowest BCUT2D eigenvalue weighted by molar-refractivity contribution is -0.144. The van der Waals surface area contributed by atoms with Crippen molar-refractivity contribution < 1.29 is 19.2 Å². The fraction of sp³-hybridized carbons (Fsp3) is 0.529. The van der Waals surface area contributed by atoms with Crippen LogP contribution >= 0.6 is 11.6 Å². The summed E-state index contributed by atoms with van der Waals surface area (Å²) in [5.74, 6) is -0.540. The normalized spacial score (nSPS) is 17.9. The molecule has 1 fully saturated rings. The summed E-state index contributed by atoms with van der Waals surface area (Å²) in [5, 5.41) is 6.28. The molecule has 4 N–H and O–H groups in total. The van der Waals surface area contributed by atoms with Crippen LogP contribution in [0.3, 0.4) is 0 Å². The summed E-state index contributed by atoms with van der Waals surface area (Å²) in [4.78, 5) is 57.0. The molecule has 2 atom stereocenters. The highest BCUT2D eigenvalue weighted by molar-refractivity contribution is 6.31. The van der Waals surface area contributed by atoms with Crippen LogP contribution in [0.4, 0.5) is 5.69 Å². The van der Waals surface area contributed by atoms with E-state index in [9.17, 15) is 19.2 Å². The molecule has 0 spiro atoms. The molecule has 2 aromatic carbocycles. The van der Waals surface area contributed by atoms with Gasteiger partial charge in [0.2, 0.25) is 23.6 Å². The van der Waals surface area contributed by atoms with Gasteiger partial charge in [-0.05, 0) is 79.0 Å². The highest BCUT2D eigenvalue weighted by atomic mass is 35.5. The number of hydrogen-bond donors (Lipinski definition) is 3. The number of amides is 4. The minimum atomic E-state index is -0.893. The number of piperidine rings is 1. The van der Waals surface area contributed by atoms with Gasteiger partial charge in [-0.15, -0.1) is 0 Å². The molecule has 4 rings (SSSR count). The second-order valence-corrected chi connectivity index (χ2v) is 13.5. The van der Waals surface area contributed by atoms with Crippen LogP contribution in [0.25, 0.3) is 0 Å². The molecule has 4 amide bonds. The van der Waals surface area contributed by atoms with E-state index in [0.717, 1.165) is 29.5 Å². The number of nitrogens with two attached hydrogens (primary N) is 1. The Kier molecular flexibility index (Phi) is 11.1. The van der Waals surface area contributed by atoms with E-state index >= 15 is 0 Å². The molecule has 9 nitrogen and oxygen atoms in total. The van der Waals surface area contributed by atoms with Crippen molar-refractivity contribution in [2.24, 2.45) is 17.1 Å². The van der Waals surface area contributed by atoms with E-state index in [1.54, 1.807) is 23.1 Å². The number of hydrogen-bond acceptors (Lipinski definition) is 5. The number of nitrogens with zero attached hydrogens (tertiary/aromatic N) is 2. The Morgan fingerprint density at radius 1 is 1.00 bits per heavy atom. The molecule has 2 aromatic rings. The Morgan fingerprint density at radius 3 is 2.30 bits per heavy atom. The van der Waals surface area contributed by atoms with Crippen LogP contribution < -0.4 is 16.4 Å². The number of aryl methyl sites for hydroxylation is 1. The largest absolute Gasteiger partial charge is 0.343 e. The first-order chi connectivity index (χ1) is 20.9. The Labute approximate surface area is 265 Å². The summed E-state index contributed by atoms with van der Waals surface area (Å²) in [5.41, 5.74) is 9.33. The van der Waals surface area contributed by atoms with E-state index in [4.69, 9.17) is 17.3 Å². The molecule has 2 aliphatic heterocycles. The van der Waals surface area contributed by atoms with Crippen molar-refractivity contribution in [2.45, 2.75) is 84.8 Å². The molecular weight excluding hydrogens is 578 g/mol. The average molecular weight is 624 g/mol. The minimum Gasteiger partial charge on any atom is -0.343 e. The van der Waals surface area contributed by atoms with E-state index in [0.29, 0.717) is 36.1 Å². The zero-order valence-electron chi connectivity index (χ0n) is 26.3. The third-order valence-electron chi connectivity index (χ3n) is 9.01. The molecular formula is C34H46ClN5O4. The average Bonchev–Trinajstić information content (AvgIpc) is 3.00. The van der Waals surface area contributed by atoms with Crippen LogP contribution in [0.5, 0.6) is 0 Å². The van der Waals surface area contributed by atoms with Gasteiger partial charge in [-0.3, -0.25) is 19.2 Å². The van der Waals surface area contributed by atoms with E-state index in [1.807, 2.05) is 36.1 Å². The van der Waals surface area contributed by atoms with Gasteiger partial charge in [-0.25, -0.2) is 0 Å². The number of anilines is 1. The van der Waals surface area contributed by atoms with Crippen molar-refractivity contribution in [1.82, 2.24) is 15.1 Å². The zero-order valence-corrected chi connectivity index (χ0v) is 27.1. The summed E-state index contributed by atoms with van der Waals surface area (Å²) >= 11 is 6.12. The summed E-state index contributed by atoms with van der Waals surface area (Å²) in [6.45, 7) is 10.4. The fourth-order valence-corrected chi connectivity index (χ4v) is 6.30. The first kappa shape index (κ1) is 33.5. The Hall–Kier alpha value is -3.43. The van der Waals surface area contributed by atoms with E-state index in [-0.39, 0.29) is 49.6 Å². The summed E-state index contributed by atoms with van der Waals surface area (Å²) < 4.78 is 0. The van der Waals surface area contributed by atoms with Crippen LogP contribution in [0.2, 0.25) is 5.02 Å². The van der Waals surface area contributed by atoms with E-state index in [2.05, 4.69) is 31.4 Å². The molecule has 2 aliphatic rings. The van der Waals surface area contributed by atoms with Gasteiger partial charge in [-0.2, -0.15) is 0 Å². The summed E-state index contributed by atoms with van der Waals surface area (Å²) in [6, 6.07) is 11.2. The number of rotatable bonds is 9. The smallest absolute Gasteiger partial charge is 0.246 e. The van der Waals surface area contributed by atoms with Crippen molar-refractivity contribution in [1.29, 1.82) is 0 Å². The Balaban J connectivity index is 1.42. The molecule has 44 heavy (non-hydrogen) atoms. The SMILES string of the molecule is Cc1cc(NC(=O)[C@H](CCN)NC(=O)[C@@H]2Cc3ccccc3CN2C(=O)CCC(=O)N2CCC(C(C)(C)C)CC2)ccc1Cl. The van der Waals surface area contributed by atoms with Gasteiger partial charge >= 0.3 is 0 Å². The van der Waals surface area contributed by atoms with Gasteiger partial charge < -0.3 is 26.2 Å². The first-order valence-electron chi connectivity index (χ1n) is 15.6. The maximum absolute atomic E-state index is 13.7. The number of carbonyl (C=O) groups excluding carboxylic acids is 4. The molecule has 0 aromatic heterocycles. The number of likely N-dealkylation sites (tertiary alicyclic amines) is 1. The number of benzene rings is 2. The van der Waals surface area contributed by atoms with Crippen LogP contribution in [0.1, 0.15) is 69.6 Å². The minimum absolute atomic E-state index is 0.0204. The quantitative estimate of drug-likeness (QED) is 0.381. The molecule has 0 radical (unpaired) electrons. The number of carbonyl (C=O) groups is 4. The van der Waals surface area contributed by atoms with Crippen LogP contribution in [0.15, 0.2) is 42.5 Å². The molecule has 2 heterocycles. The van der Waals surface area contributed by atoms with Crippen molar-refractivity contribution in [2.75, 3.05) is 25.0 Å².